The third-order valence-electron chi connectivity index (χ3n) is 1.54. The molecule has 0 N–H and O–H groups in total. The standard InChI is InChI=1S/C9H7BrF2O3.CH4/c1-14-8(13)4-15-5-2-6(11)9(10)7(12)3-5;/h2-3H,4H2,1H3;1H4. The molecule has 0 aliphatic carbocycles. The molecule has 0 saturated carbocycles. The molecular formula is C10H11BrF2O3. The number of benzene rings is 1. The number of hydrogen-bond acceptors (Lipinski definition) is 3. The van der Waals surface area contributed by atoms with E-state index in [2.05, 4.69) is 20.7 Å². The molecule has 0 unspecified atom stereocenters. The van der Waals surface area contributed by atoms with Gasteiger partial charge in [-0.25, -0.2) is 13.6 Å². The van der Waals surface area contributed by atoms with Gasteiger partial charge >= 0.3 is 5.97 Å². The summed E-state index contributed by atoms with van der Waals surface area (Å²) in [5.41, 5.74) is 0. The Balaban J connectivity index is 0.00000225. The molecule has 0 aromatic heterocycles. The van der Waals surface area contributed by atoms with Gasteiger partial charge < -0.3 is 9.47 Å². The largest absolute Gasteiger partial charge is 0.482 e. The van der Waals surface area contributed by atoms with E-state index < -0.39 is 24.2 Å². The van der Waals surface area contributed by atoms with Gasteiger partial charge in [0.2, 0.25) is 0 Å². The lowest BCUT2D eigenvalue weighted by molar-refractivity contribution is -0.142. The molecule has 0 spiro atoms. The minimum absolute atomic E-state index is 0. The second kappa shape index (κ2) is 6.42. The number of halogens is 3. The summed E-state index contributed by atoms with van der Waals surface area (Å²) < 4.78 is 34.8. The zero-order valence-electron chi connectivity index (χ0n) is 7.72. The normalized spacial score (nSPS) is 9.25. The summed E-state index contributed by atoms with van der Waals surface area (Å²) in [7, 11) is 1.19. The van der Waals surface area contributed by atoms with Crippen LogP contribution in [0.5, 0.6) is 5.75 Å². The van der Waals surface area contributed by atoms with E-state index in [-0.39, 0.29) is 17.6 Å². The van der Waals surface area contributed by atoms with Crippen LogP contribution in [0.2, 0.25) is 0 Å². The first-order valence-corrected chi connectivity index (χ1v) is 4.68. The third kappa shape index (κ3) is 3.77. The molecular weight excluding hydrogens is 286 g/mol. The maximum absolute atomic E-state index is 13.0. The predicted molar refractivity (Wildman–Crippen MR) is 58.3 cm³/mol. The fourth-order valence-electron chi connectivity index (χ4n) is 0.817. The van der Waals surface area contributed by atoms with Crippen molar-refractivity contribution in [1.82, 2.24) is 0 Å². The van der Waals surface area contributed by atoms with Crippen molar-refractivity contribution < 1.29 is 23.0 Å². The van der Waals surface area contributed by atoms with Gasteiger partial charge in [-0.05, 0) is 15.9 Å². The van der Waals surface area contributed by atoms with Gasteiger partial charge in [-0.1, -0.05) is 7.43 Å². The molecule has 0 bridgehead atoms. The smallest absolute Gasteiger partial charge is 0.343 e. The summed E-state index contributed by atoms with van der Waals surface area (Å²) >= 11 is 2.71. The minimum atomic E-state index is -0.796. The van der Waals surface area contributed by atoms with E-state index in [1.807, 2.05) is 0 Å². The SMILES string of the molecule is C.COC(=O)COc1cc(F)c(Br)c(F)c1. The van der Waals surface area contributed by atoms with Crippen LogP contribution in [0.25, 0.3) is 0 Å². The molecule has 0 saturated heterocycles. The highest BCUT2D eigenvalue weighted by Crippen LogP contribution is 2.24. The van der Waals surface area contributed by atoms with Crippen molar-refractivity contribution in [3.8, 4) is 5.75 Å². The molecule has 0 heterocycles. The van der Waals surface area contributed by atoms with Crippen molar-refractivity contribution in [2.75, 3.05) is 13.7 Å². The average Bonchev–Trinajstić information content (AvgIpc) is 2.22. The van der Waals surface area contributed by atoms with Crippen LogP contribution in [0.15, 0.2) is 16.6 Å². The summed E-state index contributed by atoms with van der Waals surface area (Å²) in [6, 6.07) is 1.94. The van der Waals surface area contributed by atoms with Gasteiger partial charge in [0.1, 0.15) is 17.4 Å². The second-order valence-electron chi connectivity index (χ2n) is 2.57. The van der Waals surface area contributed by atoms with Crippen LogP contribution in [0, 0.1) is 11.6 Å². The van der Waals surface area contributed by atoms with E-state index in [9.17, 15) is 13.6 Å². The molecule has 1 aromatic rings. The van der Waals surface area contributed by atoms with Crippen molar-refractivity contribution in [2.45, 2.75) is 7.43 Å². The van der Waals surface area contributed by atoms with Crippen LogP contribution in [-0.2, 0) is 9.53 Å². The highest BCUT2D eigenvalue weighted by molar-refractivity contribution is 9.10. The Kier molecular flexibility index (Phi) is 5.95. The Bertz CT molecular complexity index is 359. The summed E-state index contributed by atoms with van der Waals surface area (Å²) in [5.74, 6) is -2.29. The van der Waals surface area contributed by atoms with Gasteiger partial charge in [0.15, 0.2) is 6.61 Å². The van der Waals surface area contributed by atoms with E-state index in [4.69, 9.17) is 4.74 Å². The van der Waals surface area contributed by atoms with Crippen LogP contribution >= 0.6 is 15.9 Å². The highest BCUT2D eigenvalue weighted by atomic mass is 79.9. The lowest BCUT2D eigenvalue weighted by atomic mass is 10.3. The molecule has 6 heteroatoms. The number of ether oxygens (including phenoxy) is 2. The second-order valence-corrected chi connectivity index (χ2v) is 3.36. The fraction of sp³-hybridized carbons (Fsp3) is 0.300. The van der Waals surface area contributed by atoms with Crippen molar-refractivity contribution in [3.63, 3.8) is 0 Å². The highest BCUT2D eigenvalue weighted by Gasteiger charge is 2.10. The quantitative estimate of drug-likeness (QED) is 0.635. The molecule has 1 aromatic carbocycles. The van der Waals surface area contributed by atoms with Crippen molar-refractivity contribution >= 4 is 21.9 Å². The maximum atomic E-state index is 13.0. The predicted octanol–water partition coefficient (Wildman–Crippen LogP) is 2.92. The van der Waals surface area contributed by atoms with Gasteiger partial charge in [-0.15, -0.1) is 0 Å². The molecule has 0 atom stereocenters. The number of methoxy groups -OCH3 is 1. The van der Waals surface area contributed by atoms with E-state index in [0.29, 0.717) is 0 Å². The van der Waals surface area contributed by atoms with Crippen LogP contribution in [0.1, 0.15) is 7.43 Å². The van der Waals surface area contributed by atoms with E-state index in [0.717, 1.165) is 12.1 Å². The molecule has 90 valence electrons. The molecule has 0 radical (unpaired) electrons. The van der Waals surface area contributed by atoms with Crippen LogP contribution < -0.4 is 4.74 Å². The molecule has 0 fully saturated rings. The third-order valence-corrected chi connectivity index (χ3v) is 2.30. The van der Waals surface area contributed by atoms with E-state index in [1.54, 1.807) is 0 Å². The Hall–Kier alpha value is -1.17. The van der Waals surface area contributed by atoms with Crippen LogP contribution in [0.3, 0.4) is 0 Å². The van der Waals surface area contributed by atoms with Crippen molar-refractivity contribution in [2.24, 2.45) is 0 Å². The van der Waals surface area contributed by atoms with Crippen LogP contribution in [0.4, 0.5) is 8.78 Å². The number of hydrogen-bond donors (Lipinski definition) is 0. The first kappa shape index (κ1) is 14.8. The molecule has 0 aliphatic rings. The Morgan fingerprint density at radius 3 is 2.31 bits per heavy atom. The number of esters is 1. The monoisotopic (exact) mass is 296 g/mol. The minimum Gasteiger partial charge on any atom is -0.482 e. The van der Waals surface area contributed by atoms with Gasteiger partial charge in [-0.2, -0.15) is 0 Å². The summed E-state index contributed by atoms with van der Waals surface area (Å²) in [6.45, 7) is -0.392. The Morgan fingerprint density at radius 2 is 1.88 bits per heavy atom. The van der Waals surface area contributed by atoms with E-state index >= 15 is 0 Å². The number of carbonyl (C=O) groups is 1. The van der Waals surface area contributed by atoms with Crippen molar-refractivity contribution in [3.05, 3.63) is 28.2 Å². The average molecular weight is 297 g/mol. The van der Waals surface area contributed by atoms with Crippen LogP contribution in [-0.4, -0.2) is 19.7 Å². The molecule has 1 rings (SSSR count). The first-order chi connectivity index (χ1) is 7.04. The molecule has 16 heavy (non-hydrogen) atoms. The Morgan fingerprint density at radius 1 is 1.38 bits per heavy atom. The van der Waals surface area contributed by atoms with Gasteiger partial charge in [0.25, 0.3) is 0 Å². The lowest BCUT2D eigenvalue weighted by Gasteiger charge is -2.05. The molecule has 0 amide bonds. The zero-order chi connectivity index (χ0) is 11.4. The number of carbonyl (C=O) groups excluding carboxylic acids is 1. The van der Waals surface area contributed by atoms with E-state index in [1.165, 1.54) is 7.11 Å². The maximum Gasteiger partial charge on any atom is 0.343 e. The van der Waals surface area contributed by atoms with Gasteiger partial charge in [-0.3, -0.25) is 0 Å². The first-order valence-electron chi connectivity index (χ1n) is 3.88. The fourth-order valence-corrected chi connectivity index (χ4v) is 1.05. The Labute approximate surface area is 100 Å². The van der Waals surface area contributed by atoms with Gasteiger partial charge in [0, 0.05) is 12.1 Å². The number of rotatable bonds is 3. The van der Waals surface area contributed by atoms with Crippen molar-refractivity contribution in [1.29, 1.82) is 0 Å². The summed E-state index contributed by atoms with van der Waals surface area (Å²) in [6.07, 6.45) is 0. The summed E-state index contributed by atoms with van der Waals surface area (Å²) in [5, 5.41) is 0. The topological polar surface area (TPSA) is 35.5 Å². The molecule has 0 aliphatic heterocycles. The summed E-state index contributed by atoms with van der Waals surface area (Å²) in [4.78, 5) is 10.7. The zero-order valence-corrected chi connectivity index (χ0v) is 9.31. The molecule has 3 nitrogen and oxygen atoms in total. The van der Waals surface area contributed by atoms with Gasteiger partial charge in [0.05, 0.1) is 11.6 Å². The lowest BCUT2D eigenvalue weighted by Crippen LogP contribution is -2.12.